The van der Waals surface area contributed by atoms with Gasteiger partial charge in [-0.1, -0.05) is 18.2 Å². The number of thiazole rings is 1. The zero-order valence-electron chi connectivity index (χ0n) is 14.1. The van der Waals surface area contributed by atoms with Crippen LogP contribution in [-0.4, -0.2) is 27.3 Å². The molecule has 1 amide bonds. The Kier molecular flexibility index (Phi) is 5.73. The van der Waals surface area contributed by atoms with Crippen LogP contribution in [0.1, 0.15) is 16.2 Å². The van der Waals surface area contributed by atoms with Crippen molar-refractivity contribution >= 4 is 22.4 Å². The van der Waals surface area contributed by atoms with Crippen molar-refractivity contribution in [2.45, 2.75) is 12.7 Å². The lowest BCUT2D eigenvalue weighted by molar-refractivity contribution is -0.140. The zero-order valence-corrected chi connectivity index (χ0v) is 15.0. The van der Waals surface area contributed by atoms with Crippen LogP contribution in [0, 0.1) is 0 Å². The molecule has 0 saturated carbocycles. The summed E-state index contributed by atoms with van der Waals surface area (Å²) in [7, 11) is 0. The van der Waals surface area contributed by atoms with E-state index in [0.29, 0.717) is 17.1 Å². The van der Waals surface area contributed by atoms with Gasteiger partial charge in [-0.05, 0) is 18.2 Å². The minimum absolute atomic E-state index is 0.0876. The topological polar surface area (TPSA) is 86.1 Å². The molecule has 0 fully saturated rings. The smallest absolute Gasteiger partial charge is 0.434 e. The van der Waals surface area contributed by atoms with Gasteiger partial charge in [-0.3, -0.25) is 14.9 Å². The average molecular weight is 410 g/mol. The summed E-state index contributed by atoms with van der Waals surface area (Å²) in [5.41, 5.74) is -1.67. The second kappa shape index (κ2) is 8.21. The summed E-state index contributed by atoms with van der Waals surface area (Å²) in [4.78, 5) is 27.4. The third kappa shape index (κ3) is 4.94. The van der Waals surface area contributed by atoms with Gasteiger partial charge in [0.15, 0.2) is 10.8 Å². The van der Waals surface area contributed by atoms with Gasteiger partial charge in [0.05, 0.1) is 6.54 Å². The molecule has 3 rings (SSSR count). The Labute approximate surface area is 160 Å². The van der Waals surface area contributed by atoms with Crippen LogP contribution in [0.25, 0.3) is 0 Å². The number of carbonyl (C=O) groups excluding carboxylic acids is 1. The van der Waals surface area contributed by atoms with E-state index in [-0.39, 0.29) is 24.0 Å². The molecule has 0 bridgehead atoms. The summed E-state index contributed by atoms with van der Waals surface area (Å²) in [6.07, 6.45) is -4.59. The number of hydrogen-bond acceptors (Lipinski definition) is 6. The highest BCUT2D eigenvalue weighted by atomic mass is 32.1. The molecule has 1 aromatic carbocycles. The molecule has 0 saturated heterocycles. The maximum Gasteiger partial charge on any atom is 0.434 e. The van der Waals surface area contributed by atoms with E-state index in [9.17, 15) is 22.8 Å². The molecule has 0 spiro atoms. The number of halogens is 3. The van der Waals surface area contributed by atoms with Gasteiger partial charge in [-0.2, -0.15) is 18.3 Å². The van der Waals surface area contributed by atoms with Gasteiger partial charge >= 0.3 is 6.18 Å². The average Bonchev–Trinajstić information content (AvgIpc) is 3.13. The van der Waals surface area contributed by atoms with Gasteiger partial charge in [-0.15, -0.1) is 11.3 Å². The lowest BCUT2D eigenvalue weighted by atomic mass is 10.3. The van der Waals surface area contributed by atoms with Gasteiger partial charge < -0.3 is 4.74 Å². The first-order valence-electron chi connectivity index (χ1n) is 7.93. The molecular weight excluding hydrogens is 397 g/mol. The van der Waals surface area contributed by atoms with Crippen molar-refractivity contribution in [1.29, 1.82) is 0 Å². The molecule has 1 N–H and O–H groups in total. The monoisotopic (exact) mass is 410 g/mol. The molecule has 2 heterocycles. The van der Waals surface area contributed by atoms with Crippen LogP contribution < -0.4 is 15.6 Å². The molecule has 0 atom stereocenters. The van der Waals surface area contributed by atoms with Gasteiger partial charge in [0, 0.05) is 11.4 Å². The second-order valence-corrected chi connectivity index (χ2v) is 6.29. The summed E-state index contributed by atoms with van der Waals surface area (Å²) in [5, 5.41) is 6.74. The minimum atomic E-state index is -4.59. The summed E-state index contributed by atoms with van der Waals surface area (Å²) in [6.45, 7) is 0.230. The van der Waals surface area contributed by atoms with E-state index < -0.39 is 23.3 Å². The Morgan fingerprint density at radius 1 is 1.18 bits per heavy atom. The number of nitrogens with zero attached hydrogens (tertiary/aromatic N) is 3. The number of para-hydroxylation sites is 1. The van der Waals surface area contributed by atoms with Crippen molar-refractivity contribution in [2.24, 2.45) is 0 Å². The molecular formula is C17H13F3N4O3S. The first-order valence-corrected chi connectivity index (χ1v) is 8.81. The maximum atomic E-state index is 12.6. The fraction of sp³-hybridized carbons (Fsp3) is 0.176. The first kappa shape index (κ1) is 19.5. The molecule has 0 unspecified atom stereocenters. The van der Waals surface area contributed by atoms with E-state index in [0.717, 1.165) is 16.1 Å². The standard InChI is InChI=1S/C17H13F3N4O3S/c18-17(19,20)13-10-28-16(21-13)22-15(26)12-6-7-14(25)24(23-12)8-9-27-11-4-2-1-3-5-11/h1-7,10H,8-9H2,(H,21,22,26). The minimum Gasteiger partial charge on any atom is -0.492 e. The normalized spacial score (nSPS) is 11.2. The van der Waals surface area contributed by atoms with Crippen LogP contribution in [0.2, 0.25) is 0 Å². The Morgan fingerprint density at radius 2 is 1.93 bits per heavy atom. The quantitative estimate of drug-likeness (QED) is 0.675. The van der Waals surface area contributed by atoms with Crippen LogP contribution in [0.4, 0.5) is 18.3 Å². The number of carbonyl (C=O) groups is 1. The van der Waals surface area contributed by atoms with Crippen molar-refractivity contribution in [2.75, 3.05) is 11.9 Å². The lowest BCUT2D eigenvalue weighted by Crippen LogP contribution is -2.28. The summed E-state index contributed by atoms with van der Waals surface area (Å²) >= 11 is 0.639. The maximum absolute atomic E-state index is 12.6. The molecule has 3 aromatic rings. The SMILES string of the molecule is O=C(Nc1nc(C(F)(F)F)cs1)c1ccc(=O)n(CCOc2ccccc2)n1. The number of aromatic nitrogens is 3. The Bertz CT molecular complexity index is 1020. The molecule has 0 aliphatic rings. The van der Waals surface area contributed by atoms with E-state index in [1.165, 1.54) is 6.07 Å². The number of anilines is 1. The van der Waals surface area contributed by atoms with E-state index >= 15 is 0 Å². The van der Waals surface area contributed by atoms with Crippen LogP contribution >= 0.6 is 11.3 Å². The van der Waals surface area contributed by atoms with Crippen molar-refractivity contribution in [3.8, 4) is 5.75 Å². The predicted molar refractivity (Wildman–Crippen MR) is 95.5 cm³/mol. The van der Waals surface area contributed by atoms with E-state index in [4.69, 9.17) is 4.74 Å². The first-order chi connectivity index (χ1) is 13.3. The Balaban J connectivity index is 1.65. The van der Waals surface area contributed by atoms with Crippen molar-refractivity contribution in [1.82, 2.24) is 14.8 Å². The number of nitrogens with one attached hydrogen (secondary N) is 1. The number of alkyl halides is 3. The highest BCUT2D eigenvalue weighted by molar-refractivity contribution is 7.14. The lowest BCUT2D eigenvalue weighted by Gasteiger charge is -2.08. The fourth-order valence-electron chi connectivity index (χ4n) is 2.12. The summed E-state index contributed by atoms with van der Waals surface area (Å²) in [6, 6.07) is 11.3. The van der Waals surface area contributed by atoms with Crippen molar-refractivity contribution in [3.63, 3.8) is 0 Å². The molecule has 0 aliphatic carbocycles. The largest absolute Gasteiger partial charge is 0.492 e. The Hall–Kier alpha value is -3.21. The second-order valence-electron chi connectivity index (χ2n) is 5.43. The molecule has 7 nitrogen and oxygen atoms in total. The van der Waals surface area contributed by atoms with Crippen LogP contribution in [-0.2, 0) is 12.7 Å². The third-order valence-corrected chi connectivity index (χ3v) is 4.19. The highest BCUT2D eigenvalue weighted by Gasteiger charge is 2.34. The number of rotatable bonds is 6. The number of amides is 1. The van der Waals surface area contributed by atoms with Gasteiger partial charge in [0.1, 0.15) is 18.1 Å². The van der Waals surface area contributed by atoms with Crippen molar-refractivity contribution in [3.05, 3.63) is 69.6 Å². The van der Waals surface area contributed by atoms with Gasteiger partial charge in [0.25, 0.3) is 11.5 Å². The van der Waals surface area contributed by atoms with Gasteiger partial charge in [0.2, 0.25) is 0 Å². The molecule has 0 radical (unpaired) electrons. The van der Waals surface area contributed by atoms with Crippen LogP contribution in [0.3, 0.4) is 0 Å². The number of ether oxygens (including phenoxy) is 1. The van der Waals surface area contributed by atoms with Crippen LogP contribution in [0.15, 0.2) is 52.6 Å². The van der Waals surface area contributed by atoms with E-state index in [1.54, 1.807) is 24.3 Å². The van der Waals surface area contributed by atoms with Gasteiger partial charge in [-0.25, -0.2) is 9.67 Å². The molecule has 0 aliphatic heterocycles. The molecule has 11 heteroatoms. The third-order valence-electron chi connectivity index (χ3n) is 3.43. The molecule has 2 aromatic heterocycles. The van der Waals surface area contributed by atoms with Crippen molar-refractivity contribution < 1.29 is 22.7 Å². The number of benzene rings is 1. The summed E-state index contributed by atoms with van der Waals surface area (Å²) < 4.78 is 44.2. The van der Waals surface area contributed by atoms with E-state index in [2.05, 4.69) is 15.4 Å². The number of hydrogen-bond donors (Lipinski definition) is 1. The molecule has 146 valence electrons. The zero-order chi connectivity index (χ0) is 20.1. The Morgan fingerprint density at radius 3 is 2.61 bits per heavy atom. The fourth-order valence-corrected chi connectivity index (χ4v) is 2.83. The highest BCUT2D eigenvalue weighted by Crippen LogP contribution is 2.31. The van der Waals surface area contributed by atoms with E-state index in [1.807, 2.05) is 6.07 Å². The summed E-state index contributed by atoms with van der Waals surface area (Å²) in [5.74, 6) is -0.158. The molecule has 28 heavy (non-hydrogen) atoms. The van der Waals surface area contributed by atoms with Crippen LogP contribution in [0.5, 0.6) is 5.75 Å². The predicted octanol–water partition coefficient (Wildman–Crippen LogP) is 3.05.